The second kappa shape index (κ2) is 13.8. The van der Waals surface area contributed by atoms with Crippen LogP contribution in [-0.2, 0) is 12.8 Å². The molecule has 2 aliphatic rings. The van der Waals surface area contributed by atoms with E-state index in [1.54, 1.807) is 0 Å². The molecular formula is C44H42N2S2. The number of aryl methyl sites for hydroxylation is 4. The van der Waals surface area contributed by atoms with E-state index in [0.717, 1.165) is 68.7 Å². The monoisotopic (exact) mass is 662 g/mol. The van der Waals surface area contributed by atoms with Crippen molar-refractivity contribution >= 4 is 59.2 Å². The van der Waals surface area contributed by atoms with E-state index in [9.17, 15) is 0 Å². The summed E-state index contributed by atoms with van der Waals surface area (Å²) in [6.45, 7) is 13.5. The molecule has 2 nitrogen and oxygen atoms in total. The smallest absolute Gasteiger partial charge is 0.0868 e. The summed E-state index contributed by atoms with van der Waals surface area (Å²) < 4.78 is 0. The van der Waals surface area contributed by atoms with Gasteiger partial charge in [-0.3, -0.25) is 0 Å². The van der Waals surface area contributed by atoms with Gasteiger partial charge in [0, 0.05) is 30.7 Å². The van der Waals surface area contributed by atoms with E-state index in [2.05, 4.69) is 139 Å². The molecule has 2 aliphatic heterocycles. The Bertz CT molecular complexity index is 2050. The lowest BCUT2D eigenvalue weighted by Crippen LogP contribution is -2.26. The first kappa shape index (κ1) is 32.4. The summed E-state index contributed by atoms with van der Waals surface area (Å²) in [4.78, 5) is 15.4. The van der Waals surface area contributed by atoms with Gasteiger partial charge in [-0.05, 0) is 109 Å². The average Bonchev–Trinajstić information content (AvgIpc) is 3.08. The van der Waals surface area contributed by atoms with Gasteiger partial charge in [-0.25, -0.2) is 9.98 Å². The van der Waals surface area contributed by atoms with Crippen molar-refractivity contribution in [1.29, 1.82) is 0 Å². The number of benzene rings is 5. The molecule has 0 amide bonds. The normalized spacial score (nSPS) is 13.1. The van der Waals surface area contributed by atoms with Gasteiger partial charge in [-0.1, -0.05) is 123 Å². The Morgan fingerprint density at radius 3 is 1.27 bits per heavy atom. The Kier molecular flexibility index (Phi) is 9.31. The summed E-state index contributed by atoms with van der Waals surface area (Å²) in [6.07, 6.45) is 13.7. The lowest BCUT2D eigenvalue weighted by Gasteiger charge is -2.22. The first-order valence-corrected chi connectivity index (χ1v) is 18.8. The van der Waals surface area contributed by atoms with Crippen LogP contribution in [-0.4, -0.2) is 0 Å². The number of para-hydroxylation sites is 2. The van der Waals surface area contributed by atoms with Crippen LogP contribution < -0.4 is 10.7 Å². The maximum atomic E-state index is 5.37. The molecule has 0 aromatic heterocycles. The zero-order valence-electron chi connectivity index (χ0n) is 28.8. The summed E-state index contributed by atoms with van der Waals surface area (Å²) in [5, 5.41) is 2.05. The molecule has 4 heteroatoms. The van der Waals surface area contributed by atoms with Crippen LogP contribution in [0.5, 0.6) is 0 Å². The fourth-order valence-electron chi connectivity index (χ4n) is 7.08. The van der Waals surface area contributed by atoms with Crippen LogP contribution in [0.4, 0.5) is 11.4 Å². The van der Waals surface area contributed by atoms with Gasteiger partial charge < -0.3 is 0 Å². The SMILES string of the molecule is CCCc1c(C)cc(/C=C/c2c3c(c(/C=C/c4cc(C)c(CCC)c(C)c4)c4c2=Nc2ccccc2S4)=Nc2ccccc2S3)cc1C. The molecule has 0 unspecified atom stereocenters. The predicted octanol–water partition coefficient (Wildman–Crippen LogP) is 12.0. The van der Waals surface area contributed by atoms with Crippen molar-refractivity contribution in [1.82, 2.24) is 0 Å². The number of nitrogens with zero attached hydrogens (tertiary/aromatic N) is 2. The van der Waals surface area contributed by atoms with Crippen molar-refractivity contribution in [3.8, 4) is 0 Å². The van der Waals surface area contributed by atoms with Crippen LogP contribution >= 0.6 is 23.5 Å². The van der Waals surface area contributed by atoms with Gasteiger partial charge in [0.2, 0.25) is 0 Å². The van der Waals surface area contributed by atoms with E-state index in [1.165, 1.54) is 54.3 Å². The van der Waals surface area contributed by atoms with Gasteiger partial charge in [0.05, 0.1) is 22.1 Å². The quantitative estimate of drug-likeness (QED) is 0.151. The van der Waals surface area contributed by atoms with Crippen LogP contribution in [0.2, 0.25) is 0 Å². The van der Waals surface area contributed by atoms with E-state index < -0.39 is 0 Å². The fraction of sp³-hybridized carbons (Fsp3) is 0.227. The second-order valence-electron chi connectivity index (χ2n) is 13.0. The molecule has 240 valence electrons. The first-order valence-electron chi connectivity index (χ1n) is 17.1. The van der Waals surface area contributed by atoms with Gasteiger partial charge in [0.25, 0.3) is 0 Å². The molecular weight excluding hydrogens is 621 g/mol. The summed E-state index contributed by atoms with van der Waals surface area (Å²) >= 11 is 3.63. The molecule has 0 saturated carbocycles. The number of rotatable bonds is 8. The predicted molar refractivity (Wildman–Crippen MR) is 207 cm³/mol. The maximum Gasteiger partial charge on any atom is 0.0868 e. The Morgan fingerprint density at radius 1 is 0.521 bits per heavy atom. The van der Waals surface area contributed by atoms with Crippen molar-refractivity contribution in [3.63, 3.8) is 0 Å². The number of hydrogen-bond acceptors (Lipinski definition) is 4. The van der Waals surface area contributed by atoms with Crippen LogP contribution in [0, 0.1) is 27.7 Å². The lowest BCUT2D eigenvalue weighted by atomic mass is 9.95. The van der Waals surface area contributed by atoms with E-state index >= 15 is 0 Å². The third-order valence-corrected chi connectivity index (χ3v) is 11.7. The highest BCUT2D eigenvalue weighted by Crippen LogP contribution is 2.43. The Hall–Kier alpha value is -4.12. The average molecular weight is 663 g/mol. The zero-order valence-corrected chi connectivity index (χ0v) is 30.4. The molecule has 5 aromatic rings. The van der Waals surface area contributed by atoms with Gasteiger partial charge in [0.1, 0.15) is 0 Å². The molecule has 0 fully saturated rings. The molecule has 0 bridgehead atoms. The Labute approximate surface area is 293 Å². The summed E-state index contributed by atoms with van der Waals surface area (Å²) in [7, 11) is 0. The minimum atomic E-state index is 1.02. The molecule has 0 N–H and O–H groups in total. The highest BCUT2D eigenvalue weighted by Gasteiger charge is 2.25. The summed E-state index contributed by atoms with van der Waals surface area (Å²) in [5.74, 6) is 0. The molecule has 0 radical (unpaired) electrons. The highest BCUT2D eigenvalue weighted by molar-refractivity contribution is 8.00. The van der Waals surface area contributed by atoms with Crippen molar-refractivity contribution in [2.45, 2.75) is 86.8 Å². The minimum absolute atomic E-state index is 1.02. The molecule has 0 aliphatic carbocycles. The van der Waals surface area contributed by atoms with Crippen molar-refractivity contribution in [2.75, 3.05) is 0 Å². The van der Waals surface area contributed by atoms with E-state index in [4.69, 9.17) is 9.98 Å². The molecule has 0 saturated heterocycles. The molecule has 0 atom stereocenters. The molecule has 7 rings (SSSR count). The zero-order chi connectivity index (χ0) is 33.4. The topological polar surface area (TPSA) is 24.7 Å². The third-order valence-electron chi connectivity index (χ3n) is 9.37. The molecule has 5 aromatic carbocycles. The highest BCUT2D eigenvalue weighted by atomic mass is 32.2. The van der Waals surface area contributed by atoms with E-state index in [-0.39, 0.29) is 0 Å². The standard InChI is InChI=1S/C44H42N2S2/c1-7-13-33-27(3)23-31(24-28(33)4)19-21-35-41-44(48-40-18-12-9-15-37(40)45-41)36(42-43(35)47-39-17-11-10-16-38(39)46-42)22-20-32-25-29(5)34(14-8-2)30(6)26-32/h9-12,15-26H,7-8,13-14H2,1-6H3/b21-19+,22-20+. The lowest BCUT2D eigenvalue weighted by molar-refractivity contribution is 0.903. The molecule has 0 spiro atoms. The number of hydrogen-bond donors (Lipinski definition) is 0. The largest absolute Gasteiger partial charge is 0.246 e. The van der Waals surface area contributed by atoms with Crippen LogP contribution in [0.1, 0.15) is 82.3 Å². The second-order valence-corrected chi connectivity index (χ2v) is 15.1. The van der Waals surface area contributed by atoms with E-state index in [1.807, 2.05) is 23.5 Å². The Morgan fingerprint density at radius 2 is 0.896 bits per heavy atom. The van der Waals surface area contributed by atoms with Crippen LogP contribution in [0.25, 0.3) is 24.3 Å². The van der Waals surface area contributed by atoms with E-state index in [0.29, 0.717) is 0 Å². The fourth-order valence-corrected chi connectivity index (χ4v) is 9.30. The van der Waals surface area contributed by atoms with Crippen molar-refractivity contribution < 1.29 is 0 Å². The summed E-state index contributed by atoms with van der Waals surface area (Å²) in [5.41, 5.74) is 15.1. The summed E-state index contributed by atoms with van der Waals surface area (Å²) in [6, 6.07) is 26.3. The van der Waals surface area contributed by atoms with Gasteiger partial charge in [-0.15, -0.1) is 0 Å². The molecule has 48 heavy (non-hydrogen) atoms. The van der Waals surface area contributed by atoms with Gasteiger partial charge in [-0.2, -0.15) is 0 Å². The van der Waals surface area contributed by atoms with Gasteiger partial charge in [0.15, 0.2) is 0 Å². The van der Waals surface area contributed by atoms with Gasteiger partial charge >= 0.3 is 0 Å². The minimum Gasteiger partial charge on any atom is -0.246 e. The maximum absolute atomic E-state index is 5.37. The first-order chi connectivity index (χ1) is 23.3. The third kappa shape index (κ3) is 6.24. The molecule has 2 heterocycles. The van der Waals surface area contributed by atoms with Crippen molar-refractivity contribution in [3.05, 3.63) is 139 Å². The number of fused-ring (bicyclic) bond motifs is 4. The van der Waals surface area contributed by atoms with Crippen LogP contribution in [0.3, 0.4) is 0 Å². The van der Waals surface area contributed by atoms with Crippen molar-refractivity contribution in [2.24, 2.45) is 9.98 Å². The van der Waals surface area contributed by atoms with Crippen LogP contribution in [0.15, 0.2) is 102 Å². The Balaban J connectivity index is 1.46.